The normalized spacial score (nSPS) is 22.5. The van der Waals surface area contributed by atoms with Gasteiger partial charge >= 0.3 is 12.0 Å². The van der Waals surface area contributed by atoms with Crippen molar-refractivity contribution in [2.75, 3.05) is 6.54 Å². The number of aliphatic hydroxyl groups is 1. The van der Waals surface area contributed by atoms with Crippen LogP contribution in [0.3, 0.4) is 0 Å². The number of aryl methyl sites for hydroxylation is 1. The van der Waals surface area contributed by atoms with Gasteiger partial charge in [0.1, 0.15) is 6.04 Å². The Labute approximate surface area is 109 Å². The number of aromatic nitrogens is 2. The van der Waals surface area contributed by atoms with Crippen LogP contribution < -0.4 is 5.32 Å². The molecule has 104 valence electrons. The van der Waals surface area contributed by atoms with Crippen molar-refractivity contribution in [3.8, 4) is 0 Å². The highest BCUT2D eigenvalue weighted by atomic mass is 16.4. The lowest BCUT2D eigenvalue weighted by molar-refractivity contribution is -0.141. The van der Waals surface area contributed by atoms with Crippen LogP contribution in [0.4, 0.5) is 4.79 Å². The Hall–Kier alpha value is -2.09. The Balaban J connectivity index is 1.93. The molecule has 0 aliphatic carbocycles. The number of urea groups is 1. The second-order valence-electron chi connectivity index (χ2n) is 4.54. The summed E-state index contributed by atoms with van der Waals surface area (Å²) in [6, 6.07) is 0.279. The highest BCUT2D eigenvalue weighted by molar-refractivity contribution is 5.83. The Morgan fingerprint density at radius 2 is 2.32 bits per heavy atom. The number of nitrogens with one attached hydrogen (secondary N) is 1. The van der Waals surface area contributed by atoms with Gasteiger partial charge in [0.25, 0.3) is 0 Å². The Morgan fingerprint density at radius 3 is 2.89 bits per heavy atom. The average Bonchev–Trinajstić information content (AvgIpc) is 2.92. The van der Waals surface area contributed by atoms with Gasteiger partial charge < -0.3 is 20.4 Å². The molecule has 0 spiro atoms. The predicted molar refractivity (Wildman–Crippen MR) is 64.2 cm³/mol. The Morgan fingerprint density at radius 1 is 1.58 bits per heavy atom. The van der Waals surface area contributed by atoms with Crippen LogP contribution in [0.25, 0.3) is 0 Å². The van der Waals surface area contributed by atoms with E-state index in [1.807, 2.05) is 0 Å². The zero-order valence-electron chi connectivity index (χ0n) is 10.5. The first-order valence-electron chi connectivity index (χ1n) is 5.91. The van der Waals surface area contributed by atoms with E-state index in [1.165, 1.54) is 0 Å². The van der Waals surface area contributed by atoms with Crippen molar-refractivity contribution in [2.24, 2.45) is 7.05 Å². The first-order chi connectivity index (χ1) is 8.97. The molecule has 0 radical (unpaired) electrons. The van der Waals surface area contributed by atoms with Crippen LogP contribution >= 0.6 is 0 Å². The maximum absolute atomic E-state index is 11.9. The lowest BCUT2D eigenvalue weighted by Gasteiger charge is -2.21. The molecule has 3 N–H and O–H groups in total. The minimum Gasteiger partial charge on any atom is -0.480 e. The number of hydrogen-bond donors (Lipinski definition) is 3. The topological polar surface area (TPSA) is 108 Å². The fraction of sp³-hybridized carbons (Fsp3) is 0.545. The standard InChI is InChI=1S/C11H16N4O4/c1-14-3-2-7(13-14)5-12-11(19)15-6-8(16)4-9(15)10(17)18/h2-3,8-9,16H,4-6H2,1H3,(H,12,19)(H,17,18)/t8?,9-/m0/s1. The SMILES string of the molecule is Cn1ccc(CNC(=O)N2CC(O)C[C@H]2C(=O)O)n1. The molecule has 1 aromatic rings. The molecular formula is C11H16N4O4. The van der Waals surface area contributed by atoms with Gasteiger partial charge in [-0.05, 0) is 6.07 Å². The number of rotatable bonds is 3. The molecule has 0 aromatic carbocycles. The zero-order valence-corrected chi connectivity index (χ0v) is 10.5. The molecule has 1 saturated heterocycles. The average molecular weight is 268 g/mol. The Bertz CT molecular complexity index is 487. The van der Waals surface area contributed by atoms with E-state index in [0.29, 0.717) is 5.69 Å². The van der Waals surface area contributed by atoms with E-state index in [2.05, 4.69) is 10.4 Å². The van der Waals surface area contributed by atoms with E-state index in [0.717, 1.165) is 4.90 Å². The van der Waals surface area contributed by atoms with Crippen molar-refractivity contribution in [1.29, 1.82) is 0 Å². The van der Waals surface area contributed by atoms with Gasteiger partial charge in [0, 0.05) is 26.2 Å². The summed E-state index contributed by atoms with van der Waals surface area (Å²) in [6.45, 7) is 0.254. The number of carbonyl (C=O) groups is 2. The minimum atomic E-state index is -1.11. The molecule has 1 unspecified atom stereocenters. The third-order valence-corrected chi connectivity index (χ3v) is 3.01. The maximum atomic E-state index is 11.9. The van der Waals surface area contributed by atoms with Crippen molar-refractivity contribution >= 4 is 12.0 Å². The van der Waals surface area contributed by atoms with Gasteiger partial charge in [0.15, 0.2) is 0 Å². The Kier molecular flexibility index (Phi) is 3.70. The second kappa shape index (κ2) is 5.27. The third-order valence-electron chi connectivity index (χ3n) is 3.01. The molecule has 8 heteroatoms. The molecule has 2 rings (SSSR count). The lowest BCUT2D eigenvalue weighted by Crippen LogP contribution is -2.46. The molecule has 0 bridgehead atoms. The molecule has 2 amide bonds. The van der Waals surface area contributed by atoms with Gasteiger partial charge in [-0.15, -0.1) is 0 Å². The van der Waals surface area contributed by atoms with E-state index in [1.54, 1.807) is 24.0 Å². The van der Waals surface area contributed by atoms with Gasteiger partial charge in [-0.1, -0.05) is 0 Å². The minimum absolute atomic E-state index is 0.0328. The summed E-state index contributed by atoms with van der Waals surface area (Å²) in [4.78, 5) is 24.0. The van der Waals surface area contributed by atoms with Crippen molar-refractivity contribution < 1.29 is 19.8 Å². The van der Waals surface area contributed by atoms with Gasteiger partial charge in [-0.3, -0.25) is 4.68 Å². The largest absolute Gasteiger partial charge is 0.480 e. The van der Waals surface area contributed by atoms with Gasteiger partial charge in [0.05, 0.1) is 18.3 Å². The number of carboxylic acid groups (broad SMARTS) is 1. The lowest BCUT2D eigenvalue weighted by atomic mass is 10.2. The number of carboxylic acids is 1. The molecule has 8 nitrogen and oxygen atoms in total. The van der Waals surface area contributed by atoms with Gasteiger partial charge in [-0.25, -0.2) is 9.59 Å². The quantitative estimate of drug-likeness (QED) is 0.662. The molecule has 2 heterocycles. The summed E-state index contributed by atoms with van der Waals surface area (Å²) in [5, 5.41) is 25.1. The van der Waals surface area contributed by atoms with E-state index in [9.17, 15) is 14.7 Å². The monoisotopic (exact) mass is 268 g/mol. The van der Waals surface area contributed by atoms with Crippen LogP contribution in [0.2, 0.25) is 0 Å². The summed E-state index contributed by atoms with van der Waals surface area (Å²) < 4.78 is 1.61. The van der Waals surface area contributed by atoms with E-state index in [-0.39, 0.29) is 19.5 Å². The van der Waals surface area contributed by atoms with Crippen LogP contribution in [0.15, 0.2) is 12.3 Å². The van der Waals surface area contributed by atoms with Crippen molar-refractivity contribution in [1.82, 2.24) is 20.0 Å². The summed E-state index contributed by atoms with van der Waals surface area (Å²) in [7, 11) is 1.77. The fourth-order valence-electron chi connectivity index (χ4n) is 2.10. The molecule has 0 saturated carbocycles. The number of nitrogens with zero attached hydrogens (tertiary/aromatic N) is 3. The molecule has 1 aliphatic heterocycles. The fourth-order valence-corrected chi connectivity index (χ4v) is 2.10. The molecule has 1 fully saturated rings. The number of amides is 2. The summed E-state index contributed by atoms with van der Waals surface area (Å²) in [5.74, 6) is -1.11. The van der Waals surface area contributed by atoms with Gasteiger partial charge in [0.2, 0.25) is 0 Å². The van der Waals surface area contributed by atoms with Crippen LogP contribution in [0.1, 0.15) is 12.1 Å². The first kappa shape index (κ1) is 13.3. The van der Waals surface area contributed by atoms with Crippen LogP contribution in [0.5, 0.6) is 0 Å². The van der Waals surface area contributed by atoms with E-state index in [4.69, 9.17) is 5.11 Å². The van der Waals surface area contributed by atoms with Crippen LogP contribution in [-0.4, -0.2) is 55.6 Å². The van der Waals surface area contributed by atoms with Crippen molar-refractivity contribution in [3.05, 3.63) is 18.0 Å². The molecule has 1 aromatic heterocycles. The van der Waals surface area contributed by atoms with Crippen LogP contribution in [-0.2, 0) is 18.4 Å². The molecular weight excluding hydrogens is 252 g/mol. The first-order valence-corrected chi connectivity index (χ1v) is 5.91. The number of hydrogen-bond acceptors (Lipinski definition) is 4. The second-order valence-corrected chi connectivity index (χ2v) is 4.54. The van der Waals surface area contributed by atoms with E-state index >= 15 is 0 Å². The van der Waals surface area contributed by atoms with Gasteiger partial charge in [-0.2, -0.15) is 5.10 Å². The van der Waals surface area contributed by atoms with Crippen LogP contribution in [0, 0.1) is 0 Å². The smallest absolute Gasteiger partial charge is 0.326 e. The number of carbonyl (C=O) groups excluding carboxylic acids is 1. The maximum Gasteiger partial charge on any atom is 0.326 e. The number of β-amino-alcohol motifs (C(OH)–C–C–N with tert-alkyl or cyclic N) is 1. The number of likely N-dealkylation sites (tertiary alicyclic amines) is 1. The van der Waals surface area contributed by atoms with Crippen molar-refractivity contribution in [3.63, 3.8) is 0 Å². The number of aliphatic hydroxyl groups excluding tert-OH is 1. The molecule has 1 aliphatic rings. The summed E-state index contributed by atoms with van der Waals surface area (Å²) >= 11 is 0. The van der Waals surface area contributed by atoms with Crippen molar-refractivity contribution in [2.45, 2.75) is 25.1 Å². The highest BCUT2D eigenvalue weighted by Crippen LogP contribution is 2.18. The summed E-state index contributed by atoms with van der Waals surface area (Å²) in [5.41, 5.74) is 0.683. The number of aliphatic carboxylic acids is 1. The molecule has 19 heavy (non-hydrogen) atoms. The third kappa shape index (κ3) is 3.02. The molecule has 2 atom stereocenters. The highest BCUT2D eigenvalue weighted by Gasteiger charge is 2.38. The summed E-state index contributed by atoms with van der Waals surface area (Å²) in [6.07, 6.45) is 1.02. The predicted octanol–water partition coefficient (Wildman–Crippen LogP) is -0.850. The zero-order chi connectivity index (χ0) is 14.0. The van der Waals surface area contributed by atoms with E-state index < -0.39 is 24.1 Å².